The van der Waals surface area contributed by atoms with Crippen LogP contribution in [0.5, 0.6) is 0 Å². The zero-order valence-corrected chi connectivity index (χ0v) is 10.6. The molecule has 7 nitrogen and oxygen atoms in total. The van der Waals surface area contributed by atoms with E-state index in [0.29, 0.717) is 30.0 Å². The van der Waals surface area contributed by atoms with Crippen LogP contribution in [0.2, 0.25) is 0 Å². The molecular formula is C10H13N3O4S. The second-order valence-corrected chi connectivity index (χ2v) is 4.81. The third-order valence-electron chi connectivity index (χ3n) is 2.73. The number of hydrogen-bond acceptors (Lipinski definition) is 6. The van der Waals surface area contributed by atoms with E-state index in [1.807, 2.05) is 0 Å². The Kier molecular flexibility index (Phi) is 3.87. The summed E-state index contributed by atoms with van der Waals surface area (Å²) < 4.78 is 8.96. The smallest absolute Gasteiger partial charge is 0.332 e. The first-order valence-corrected chi connectivity index (χ1v) is 6.30. The lowest BCUT2D eigenvalue weighted by Crippen LogP contribution is -2.33. The van der Waals surface area contributed by atoms with Crippen LogP contribution in [0.4, 0.5) is 0 Å². The third kappa shape index (κ3) is 2.82. The second-order valence-electron chi connectivity index (χ2n) is 4.06. The summed E-state index contributed by atoms with van der Waals surface area (Å²) in [5.41, 5.74) is 0.591. The Morgan fingerprint density at radius 2 is 2.33 bits per heavy atom. The molecule has 2 N–H and O–H groups in total. The van der Waals surface area contributed by atoms with Crippen LogP contribution >= 0.6 is 11.5 Å². The first-order chi connectivity index (χ1) is 8.58. The molecule has 1 amide bonds. The van der Waals surface area contributed by atoms with E-state index < -0.39 is 12.1 Å². The van der Waals surface area contributed by atoms with Gasteiger partial charge in [0.15, 0.2) is 6.10 Å². The fourth-order valence-electron chi connectivity index (χ4n) is 1.76. The molecule has 0 aliphatic carbocycles. The zero-order valence-electron chi connectivity index (χ0n) is 9.75. The Hall–Kier alpha value is -1.54. The molecule has 1 aromatic heterocycles. The van der Waals surface area contributed by atoms with Crippen LogP contribution < -0.4 is 5.32 Å². The second kappa shape index (κ2) is 5.40. The maximum Gasteiger partial charge on any atom is 0.332 e. The molecule has 2 heterocycles. The highest BCUT2D eigenvalue weighted by Crippen LogP contribution is 2.19. The van der Waals surface area contributed by atoms with E-state index in [1.54, 1.807) is 6.92 Å². The number of aryl methyl sites for hydroxylation is 1. The Balaban J connectivity index is 1.81. The minimum absolute atomic E-state index is 0.240. The molecule has 1 aliphatic heterocycles. The summed E-state index contributed by atoms with van der Waals surface area (Å²) in [6.07, 6.45) is 0.128. The molecule has 0 spiro atoms. The van der Waals surface area contributed by atoms with Gasteiger partial charge in [0.2, 0.25) is 0 Å². The highest BCUT2D eigenvalue weighted by atomic mass is 32.1. The number of carbonyl (C=O) groups is 2. The van der Waals surface area contributed by atoms with Crippen molar-refractivity contribution in [2.45, 2.75) is 32.0 Å². The predicted octanol–water partition coefficient (Wildman–Crippen LogP) is 0.209. The molecule has 0 saturated carbocycles. The number of nitrogens with zero attached hydrogens (tertiary/aromatic N) is 2. The minimum atomic E-state index is -0.952. The van der Waals surface area contributed by atoms with Gasteiger partial charge in [-0.3, -0.25) is 4.79 Å². The summed E-state index contributed by atoms with van der Waals surface area (Å²) in [7, 11) is 0. The van der Waals surface area contributed by atoms with Gasteiger partial charge in [0.05, 0.1) is 11.8 Å². The molecule has 1 saturated heterocycles. The minimum Gasteiger partial charge on any atom is -0.479 e. The van der Waals surface area contributed by atoms with Gasteiger partial charge in [0, 0.05) is 6.54 Å². The van der Waals surface area contributed by atoms with E-state index in [9.17, 15) is 9.59 Å². The van der Waals surface area contributed by atoms with Crippen molar-refractivity contribution in [3.05, 3.63) is 10.6 Å². The Morgan fingerprint density at radius 1 is 1.56 bits per heavy atom. The maximum atomic E-state index is 11.7. The molecule has 1 fully saturated rings. The number of hydrogen-bond donors (Lipinski definition) is 2. The van der Waals surface area contributed by atoms with Crippen molar-refractivity contribution in [1.29, 1.82) is 0 Å². The summed E-state index contributed by atoms with van der Waals surface area (Å²) in [6.45, 7) is 2.02. The van der Waals surface area contributed by atoms with Gasteiger partial charge in [-0.1, -0.05) is 4.49 Å². The first-order valence-electron chi connectivity index (χ1n) is 5.53. The molecule has 0 bridgehead atoms. The predicted molar refractivity (Wildman–Crippen MR) is 62.5 cm³/mol. The summed E-state index contributed by atoms with van der Waals surface area (Å²) in [5.74, 6) is -1.20. The topological polar surface area (TPSA) is 101 Å². The van der Waals surface area contributed by atoms with Gasteiger partial charge >= 0.3 is 5.97 Å². The fourth-order valence-corrected chi connectivity index (χ4v) is 2.34. The molecule has 8 heteroatoms. The van der Waals surface area contributed by atoms with Crippen LogP contribution in [0.3, 0.4) is 0 Å². The average Bonchev–Trinajstić information content (AvgIpc) is 2.94. The molecule has 0 aromatic carbocycles. The summed E-state index contributed by atoms with van der Waals surface area (Å²) >= 11 is 1.04. The van der Waals surface area contributed by atoms with Crippen LogP contribution in [0.15, 0.2) is 0 Å². The molecule has 0 radical (unpaired) electrons. The first kappa shape index (κ1) is 12.9. The summed E-state index contributed by atoms with van der Waals surface area (Å²) in [4.78, 5) is 22.9. The number of carbonyl (C=O) groups excluding carboxylic acids is 1. The SMILES string of the molecule is Cc1nnsc1C(=O)NCC1CCC(C(=O)O)O1. The summed E-state index contributed by atoms with van der Waals surface area (Å²) in [5, 5.41) is 15.2. The number of carboxylic acids is 1. The van der Waals surface area contributed by atoms with Crippen molar-refractivity contribution in [3.63, 3.8) is 0 Å². The van der Waals surface area contributed by atoms with Crippen LogP contribution in [-0.4, -0.2) is 45.3 Å². The van der Waals surface area contributed by atoms with E-state index in [4.69, 9.17) is 9.84 Å². The van der Waals surface area contributed by atoms with Crippen LogP contribution in [0.25, 0.3) is 0 Å². The average molecular weight is 271 g/mol. The van der Waals surface area contributed by atoms with Crippen LogP contribution in [0.1, 0.15) is 28.2 Å². The number of aliphatic carboxylic acids is 1. The van der Waals surface area contributed by atoms with Crippen molar-refractivity contribution >= 4 is 23.4 Å². The monoisotopic (exact) mass is 271 g/mol. The standard InChI is InChI=1S/C10H13N3O4S/c1-5-8(18-13-12-5)9(14)11-4-6-2-3-7(17-6)10(15)16/h6-7H,2-4H2,1H3,(H,11,14)(H,15,16). The van der Waals surface area contributed by atoms with Crippen LogP contribution in [-0.2, 0) is 9.53 Å². The lowest BCUT2D eigenvalue weighted by molar-refractivity contribution is -0.149. The van der Waals surface area contributed by atoms with Gasteiger partial charge < -0.3 is 15.2 Å². The quantitative estimate of drug-likeness (QED) is 0.811. The van der Waals surface area contributed by atoms with Crippen molar-refractivity contribution in [2.24, 2.45) is 0 Å². The number of nitrogens with one attached hydrogen (secondary N) is 1. The number of ether oxygens (including phenoxy) is 1. The largest absolute Gasteiger partial charge is 0.479 e. The van der Waals surface area contributed by atoms with Gasteiger partial charge in [-0.15, -0.1) is 5.10 Å². The third-order valence-corrected chi connectivity index (χ3v) is 3.56. The molecule has 1 aromatic rings. The number of aromatic nitrogens is 2. The van der Waals surface area contributed by atoms with Crippen LogP contribution in [0, 0.1) is 6.92 Å². The van der Waals surface area contributed by atoms with Gasteiger partial charge in [0.25, 0.3) is 5.91 Å². The summed E-state index contributed by atoms with van der Waals surface area (Å²) in [6, 6.07) is 0. The van der Waals surface area contributed by atoms with E-state index >= 15 is 0 Å². The normalized spacial score (nSPS) is 22.9. The van der Waals surface area contributed by atoms with E-state index in [2.05, 4.69) is 14.9 Å². The van der Waals surface area contributed by atoms with Gasteiger partial charge in [-0.2, -0.15) is 0 Å². The Labute approximate surface area is 107 Å². The number of carboxylic acid groups (broad SMARTS) is 1. The number of rotatable bonds is 4. The lowest BCUT2D eigenvalue weighted by atomic mass is 10.2. The maximum absolute atomic E-state index is 11.7. The zero-order chi connectivity index (χ0) is 13.1. The Bertz CT molecular complexity index is 462. The molecule has 18 heavy (non-hydrogen) atoms. The van der Waals surface area contributed by atoms with E-state index in [0.717, 1.165) is 11.5 Å². The highest BCUT2D eigenvalue weighted by molar-refractivity contribution is 7.07. The van der Waals surface area contributed by atoms with Gasteiger partial charge in [-0.25, -0.2) is 4.79 Å². The van der Waals surface area contributed by atoms with Gasteiger partial charge in [-0.05, 0) is 31.3 Å². The van der Waals surface area contributed by atoms with Crippen molar-refractivity contribution in [1.82, 2.24) is 14.9 Å². The number of amides is 1. The fraction of sp³-hybridized carbons (Fsp3) is 0.600. The highest BCUT2D eigenvalue weighted by Gasteiger charge is 2.30. The van der Waals surface area contributed by atoms with Gasteiger partial charge in [0.1, 0.15) is 4.88 Å². The van der Waals surface area contributed by atoms with Crippen molar-refractivity contribution < 1.29 is 19.4 Å². The molecule has 1 aliphatic rings. The van der Waals surface area contributed by atoms with Crippen molar-refractivity contribution in [2.75, 3.05) is 6.54 Å². The molecule has 2 atom stereocenters. The lowest BCUT2D eigenvalue weighted by Gasteiger charge is -2.11. The van der Waals surface area contributed by atoms with E-state index in [-0.39, 0.29) is 12.0 Å². The van der Waals surface area contributed by atoms with Crippen molar-refractivity contribution in [3.8, 4) is 0 Å². The molecular weight excluding hydrogens is 258 g/mol. The molecule has 2 rings (SSSR count). The Morgan fingerprint density at radius 3 is 2.89 bits per heavy atom. The molecule has 2 unspecified atom stereocenters. The van der Waals surface area contributed by atoms with E-state index in [1.165, 1.54) is 0 Å². The molecule has 98 valence electrons.